The summed E-state index contributed by atoms with van der Waals surface area (Å²) in [6.45, 7) is -0.214. The van der Waals surface area contributed by atoms with Gasteiger partial charge in [-0.25, -0.2) is 13.1 Å². The molecule has 0 radical (unpaired) electrons. The molecule has 0 aliphatic heterocycles. The minimum absolute atomic E-state index is 0.0118. The van der Waals surface area contributed by atoms with Crippen molar-refractivity contribution in [1.82, 2.24) is 4.72 Å². The molecule has 2 aromatic rings. The predicted octanol–water partition coefficient (Wildman–Crippen LogP) is 2.96. The number of rotatable bonds is 5. The minimum Gasteiger partial charge on any atom is -0.392 e. The van der Waals surface area contributed by atoms with Gasteiger partial charge in [0.25, 0.3) is 0 Å². The molecule has 21 heavy (non-hydrogen) atoms. The summed E-state index contributed by atoms with van der Waals surface area (Å²) in [6.07, 6.45) is 0. The lowest BCUT2D eigenvalue weighted by atomic mass is 10.2. The summed E-state index contributed by atoms with van der Waals surface area (Å²) in [4.78, 5) is -0.103. The van der Waals surface area contributed by atoms with Crippen LogP contribution >= 0.6 is 23.2 Å². The van der Waals surface area contributed by atoms with Gasteiger partial charge in [0.05, 0.1) is 11.6 Å². The molecule has 0 saturated heterocycles. The molecule has 4 nitrogen and oxygen atoms in total. The van der Waals surface area contributed by atoms with E-state index in [4.69, 9.17) is 28.3 Å². The van der Waals surface area contributed by atoms with Gasteiger partial charge in [-0.3, -0.25) is 0 Å². The third kappa shape index (κ3) is 3.96. The van der Waals surface area contributed by atoms with Crippen LogP contribution in [0, 0.1) is 0 Å². The summed E-state index contributed by atoms with van der Waals surface area (Å²) >= 11 is 11.8. The quantitative estimate of drug-likeness (QED) is 0.875. The molecular formula is C14H13Cl2NO3S. The van der Waals surface area contributed by atoms with Gasteiger partial charge in [-0.1, -0.05) is 53.5 Å². The van der Waals surface area contributed by atoms with Gasteiger partial charge in [0.1, 0.15) is 4.90 Å². The van der Waals surface area contributed by atoms with Crippen molar-refractivity contribution in [2.75, 3.05) is 0 Å². The first-order valence-corrected chi connectivity index (χ1v) is 8.30. The molecule has 2 aromatic carbocycles. The van der Waals surface area contributed by atoms with E-state index in [1.165, 1.54) is 12.1 Å². The molecule has 0 bridgehead atoms. The molecular weight excluding hydrogens is 333 g/mol. The van der Waals surface area contributed by atoms with Crippen molar-refractivity contribution in [3.63, 3.8) is 0 Å². The highest BCUT2D eigenvalue weighted by Crippen LogP contribution is 2.28. The minimum atomic E-state index is -3.79. The molecule has 0 heterocycles. The Labute approximate surface area is 133 Å². The van der Waals surface area contributed by atoms with Gasteiger partial charge in [0.2, 0.25) is 10.0 Å². The van der Waals surface area contributed by atoms with Crippen LogP contribution in [0.5, 0.6) is 0 Å². The molecule has 0 amide bonds. The van der Waals surface area contributed by atoms with E-state index < -0.39 is 10.0 Å². The van der Waals surface area contributed by atoms with E-state index in [2.05, 4.69) is 4.72 Å². The van der Waals surface area contributed by atoms with Gasteiger partial charge in [0.15, 0.2) is 0 Å². The molecule has 0 fully saturated rings. The van der Waals surface area contributed by atoms with Crippen molar-refractivity contribution in [3.8, 4) is 0 Å². The monoisotopic (exact) mass is 345 g/mol. The number of hydrogen-bond donors (Lipinski definition) is 2. The predicted molar refractivity (Wildman–Crippen MR) is 82.9 cm³/mol. The maximum atomic E-state index is 12.3. The first-order chi connectivity index (χ1) is 9.94. The Kier molecular flexibility index (Phi) is 5.24. The van der Waals surface area contributed by atoms with E-state index >= 15 is 0 Å². The van der Waals surface area contributed by atoms with E-state index in [1.807, 2.05) is 30.3 Å². The number of sulfonamides is 1. The maximum absolute atomic E-state index is 12.3. The summed E-state index contributed by atoms with van der Waals surface area (Å²) < 4.78 is 27.0. The van der Waals surface area contributed by atoms with Crippen LogP contribution in [0.2, 0.25) is 10.0 Å². The molecule has 2 N–H and O–H groups in total. The van der Waals surface area contributed by atoms with E-state index in [0.29, 0.717) is 5.56 Å². The smallest absolute Gasteiger partial charge is 0.242 e. The first-order valence-electron chi connectivity index (χ1n) is 6.06. The van der Waals surface area contributed by atoms with Crippen LogP contribution in [-0.4, -0.2) is 13.5 Å². The summed E-state index contributed by atoms with van der Waals surface area (Å²) in [5.41, 5.74) is 1.13. The highest BCUT2D eigenvalue weighted by atomic mass is 35.5. The zero-order valence-corrected chi connectivity index (χ0v) is 13.2. The van der Waals surface area contributed by atoms with Crippen molar-refractivity contribution >= 4 is 33.2 Å². The molecule has 2 rings (SSSR count). The normalized spacial score (nSPS) is 11.6. The summed E-state index contributed by atoms with van der Waals surface area (Å²) in [5, 5.41) is 9.40. The lowest BCUT2D eigenvalue weighted by molar-refractivity contribution is 0.281. The number of aliphatic hydroxyl groups excluding tert-OH is 1. The van der Waals surface area contributed by atoms with E-state index in [0.717, 1.165) is 5.56 Å². The van der Waals surface area contributed by atoms with E-state index in [-0.39, 0.29) is 28.1 Å². The number of hydrogen-bond acceptors (Lipinski definition) is 3. The Balaban J connectivity index is 2.27. The maximum Gasteiger partial charge on any atom is 0.242 e. The van der Waals surface area contributed by atoms with Gasteiger partial charge in [-0.2, -0.15) is 0 Å². The van der Waals surface area contributed by atoms with Gasteiger partial charge in [-0.15, -0.1) is 0 Å². The number of benzene rings is 2. The fourth-order valence-corrected chi connectivity index (χ4v) is 3.62. The van der Waals surface area contributed by atoms with E-state index in [1.54, 1.807) is 0 Å². The van der Waals surface area contributed by atoms with Crippen LogP contribution in [0.4, 0.5) is 0 Å². The molecule has 112 valence electrons. The third-order valence-electron chi connectivity index (χ3n) is 2.87. The first kappa shape index (κ1) is 16.3. The van der Waals surface area contributed by atoms with Crippen LogP contribution in [-0.2, 0) is 23.2 Å². The van der Waals surface area contributed by atoms with Crippen LogP contribution in [0.3, 0.4) is 0 Å². The Morgan fingerprint density at radius 2 is 1.71 bits per heavy atom. The summed E-state index contributed by atoms with van der Waals surface area (Å²) in [5.74, 6) is 0. The topological polar surface area (TPSA) is 66.4 Å². The number of halogens is 2. The molecule has 0 aliphatic rings. The van der Waals surface area contributed by atoms with Gasteiger partial charge in [0, 0.05) is 11.6 Å². The van der Waals surface area contributed by atoms with Crippen molar-refractivity contribution in [1.29, 1.82) is 0 Å². The summed E-state index contributed by atoms with van der Waals surface area (Å²) in [7, 11) is -3.79. The molecule has 7 heteroatoms. The Hall–Kier alpha value is -1.11. The number of aliphatic hydroxyl groups is 1. The highest BCUT2D eigenvalue weighted by molar-refractivity contribution is 7.89. The standard InChI is InChI=1S/C14H13Cl2NO3S/c15-12-7-13(16)14(6-11(12)9-18)21(19,20)17-8-10-4-2-1-3-5-10/h1-7,17-18H,8-9H2. The van der Waals surface area contributed by atoms with Crippen LogP contribution in [0.25, 0.3) is 0 Å². The fourth-order valence-electron chi connectivity index (χ4n) is 1.75. The molecule has 0 saturated carbocycles. The lowest BCUT2D eigenvalue weighted by Gasteiger charge is -2.11. The van der Waals surface area contributed by atoms with Crippen molar-refractivity contribution in [3.05, 3.63) is 63.6 Å². The largest absolute Gasteiger partial charge is 0.392 e. The van der Waals surface area contributed by atoms with Crippen molar-refractivity contribution < 1.29 is 13.5 Å². The SMILES string of the molecule is O=S(=O)(NCc1ccccc1)c1cc(CO)c(Cl)cc1Cl. The summed E-state index contributed by atoms with van der Waals surface area (Å²) in [6, 6.07) is 11.7. The second-order valence-electron chi connectivity index (χ2n) is 4.34. The molecule has 0 aliphatic carbocycles. The average molecular weight is 346 g/mol. The second-order valence-corrected chi connectivity index (χ2v) is 6.89. The average Bonchev–Trinajstić information content (AvgIpc) is 2.46. The zero-order chi connectivity index (χ0) is 15.5. The second kappa shape index (κ2) is 6.77. The fraction of sp³-hybridized carbons (Fsp3) is 0.143. The van der Waals surface area contributed by atoms with Crippen molar-refractivity contribution in [2.45, 2.75) is 18.0 Å². The zero-order valence-electron chi connectivity index (χ0n) is 10.9. The van der Waals surface area contributed by atoms with Crippen LogP contribution in [0.1, 0.15) is 11.1 Å². The highest BCUT2D eigenvalue weighted by Gasteiger charge is 2.19. The van der Waals surface area contributed by atoms with Crippen LogP contribution in [0.15, 0.2) is 47.4 Å². The Morgan fingerprint density at radius 3 is 2.33 bits per heavy atom. The van der Waals surface area contributed by atoms with Gasteiger partial charge < -0.3 is 5.11 Å². The van der Waals surface area contributed by atoms with E-state index in [9.17, 15) is 8.42 Å². The van der Waals surface area contributed by atoms with Gasteiger partial charge in [-0.05, 0) is 23.3 Å². The van der Waals surface area contributed by atoms with Crippen molar-refractivity contribution in [2.24, 2.45) is 0 Å². The number of nitrogens with one attached hydrogen (secondary N) is 1. The van der Waals surface area contributed by atoms with Crippen LogP contribution < -0.4 is 4.72 Å². The molecule has 0 atom stereocenters. The molecule has 0 spiro atoms. The Morgan fingerprint density at radius 1 is 1.05 bits per heavy atom. The Bertz CT molecular complexity index is 733. The van der Waals surface area contributed by atoms with Gasteiger partial charge >= 0.3 is 0 Å². The third-order valence-corrected chi connectivity index (χ3v) is 5.09. The lowest BCUT2D eigenvalue weighted by Crippen LogP contribution is -2.23. The molecule has 0 aromatic heterocycles. The molecule has 0 unspecified atom stereocenters.